The molecule has 2 amide bonds. The average Bonchev–Trinajstić information content (AvgIpc) is 3.50. The van der Waals surface area contributed by atoms with E-state index >= 15 is 0 Å². The lowest BCUT2D eigenvalue weighted by Gasteiger charge is -2.23. The number of methoxy groups -OCH3 is 2. The Labute approximate surface area is 197 Å². The van der Waals surface area contributed by atoms with Crippen molar-refractivity contribution in [3.63, 3.8) is 0 Å². The number of nitrogens with zero attached hydrogens (tertiary/aromatic N) is 1. The van der Waals surface area contributed by atoms with Crippen molar-refractivity contribution in [1.82, 2.24) is 10.2 Å². The summed E-state index contributed by atoms with van der Waals surface area (Å²) in [6.07, 6.45) is 4.07. The number of hydrogen-bond acceptors (Lipinski definition) is 5. The minimum atomic E-state index is -0.753. The fourth-order valence-corrected chi connectivity index (χ4v) is 5.28. The molecule has 2 bridgehead atoms. The molecule has 4 atom stereocenters. The van der Waals surface area contributed by atoms with E-state index in [1.54, 1.807) is 31.3 Å². The molecule has 0 aromatic heterocycles. The van der Waals surface area contributed by atoms with Crippen molar-refractivity contribution in [2.24, 2.45) is 11.8 Å². The van der Waals surface area contributed by atoms with Crippen LogP contribution in [0.5, 0.6) is 11.5 Å². The van der Waals surface area contributed by atoms with Crippen LogP contribution in [0.1, 0.15) is 11.1 Å². The van der Waals surface area contributed by atoms with Crippen molar-refractivity contribution in [1.29, 1.82) is 0 Å². The summed E-state index contributed by atoms with van der Waals surface area (Å²) < 4.78 is 30.0. The monoisotopic (exact) mass is 466 g/mol. The van der Waals surface area contributed by atoms with E-state index in [0.717, 1.165) is 11.1 Å². The predicted molar refractivity (Wildman–Crippen MR) is 122 cm³/mol. The third-order valence-electron chi connectivity index (χ3n) is 6.98. The Morgan fingerprint density at radius 2 is 1.88 bits per heavy atom. The van der Waals surface area contributed by atoms with E-state index in [1.807, 2.05) is 30.4 Å². The quantitative estimate of drug-likeness (QED) is 0.605. The summed E-state index contributed by atoms with van der Waals surface area (Å²) >= 11 is 0. The van der Waals surface area contributed by atoms with Crippen LogP contribution in [-0.2, 0) is 27.3 Å². The number of ether oxygens (including phenoxy) is 3. The zero-order chi connectivity index (χ0) is 23.9. The summed E-state index contributed by atoms with van der Waals surface area (Å²) in [6.45, 7) is 1.21. The van der Waals surface area contributed by atoms with Gasteiger partial charge >= 0.3 is 0 Å². The van der Waals surface area contributed by atoms with Crippen LogP contribution >= 0.6 is 0 Å². The summed E-state index contributed by atoms with van der Waals surface area (Å²) in [7, 11) is 3.18. The predicted octanol–water partition coefficient (Wildman–Crippen LogP) is 2.48. The van der Waals surface area contributed by atoms with Gasteiger partial charge in [0.1, 0.15) is 11.4 Å². The third-order valence-corrected chi connectivity index (χ3v) is 6.98. The number of halogens is 1. The van der Waals surface area contributed by atoms with Gasteiger partial charge < -0.3 is 24.4 Å². The SMILES string of the molecule is COc1ccc(CCN2C[C@@]34C=C[C@H](O3)[C@@H](C(=O)NCc3ccc(F)cc3)[C@H]4C2=O)cc1OC. The van der Waals surface area contributed by atoms with Gasteiger partial charge in [0, 0.05) is 13.1 Å². The maximum Gasteiger partial charge on any atom is 0.230 e. The Morgan fingerprint density at radius 3 is 2.62 bits per heavy atom. The number of benzene rings is 2. The number of hydrogen-bond donors (Lipinski definition) is 1. The van der Waals surface area contributed by atoms with E-state index < -0.39 is 23.5 Å². The molecule has 2 aromatic carbocycles. The maximum atomic E-state index is 13.4. The van der Waals surface area contributed by atoms with Crippen LogP contribution in [0.3, 0.4) is 0 Å². The van der Waals surface area contributed by atoms with Crippen LogP contribution < -0.4 is 14.8 Å². The van der Waals surface area contributed by atoms with Gasteiger partial charge in [-0.1, -0.05) is 30.4 Å². The van der Waals surface area contributed by atoms with E-state index in [9.17, 15) is 14.0 Å². The first-order valence-electron chi connectivity index (χ1n) is 11.3. The Kier molecular flexibility index (Phi) is 5.77. The van der Waals surface area contributed by atoms with Gasteiger partial charge in [-0.25, -0.2) is 4.39 Å². The average molecular weight is 467 g/mol. The van der Waals surface area contributed by atoms with E-state index in [2.05, 4.69) is 5.32 Å². The molecule has 3 aliphatic heterocycles. The van der Waals surface area contributed by atoms with E-state index in [0.29, 0.717) is 31.0 Å². The topological polar surface area (TPSA) is 77.1 Å². The van der Waals surface area contributed by atoms with Crippen molar-refractivity contribution < 1.29 is 28.2 Å². The summed E-state index contributed by atoms with van der Waals surface area (Å²) in [6, 6.07) is 11.7. The Morgan fingerprint density at radius 1 is 1.15 bits per heavy atom. The number of fused-ring (bicyclic) bond motifs is 1. The molecule has 5 rings (SSSR count). The van der Waals surface area contributed by atoms with Gasteiger partial charge in [-0.3, -0.25) is 9.59 Å². The van der Waals surface area contributed by atoms with Crippen LogP contribution in [0.15, 0.2) is 54.6 Å². The van der Waals surface area contributed by atoms with Gasteiger partial charge in [0.05, 0.1) is 38.7 Å². The summed E-state index contributed by atoms with van der Waals surface area (Å²) in [5, 5.41) is 2.90. The van der Waals surface area contributed by atoms with Gasteiger partial charge in [0.25, 0.3) is 0 Å². The molecule has 2 aromatic rings. The lowest BCUT2D eigenvalue weighted by Crippen LogP contribution is -2.44. The first kappa shape index (κ1) is 22.4. The molecule has 0 radical (unpaired) electrons. The van der Waals surface area contributed by atoms with Gasteiger partial charge in [0.2, 0.25) is 11.8 Å². The van der Waals surface area contributed by atoms with Crippen molar-refractivity contribution in [2.45, 2.75) is 24.7 Å². The highest BCUT2D eigenvalue weighted by molar-refractivity contribution is 5.93. The van der Waals surface area contributed by atoms with E-state index in [4.69, 9.17) is 14.2 Å². The second-order valence-corrected chi connectivity index (χ2v) is 8.94. The Balaban J connectivity index is 1.25. The van der Waals surface area contributed by atoms with Gasteiger partial charge in [-0.15, -0.1) is 0 Å². The van der Waals surface area contributed by atoms with Gasteiger partial charge in [-0.2, -0.15) is 0 Å². The fourth-order valence-electron chi connectivity index (χ4n) is 5.28. The fraction of sp³-hybridized carbons (Fsp3) is 0.385. The van der Waals surface area contributed by atoms with E-state index in [-0.39, 0.29) is 24.2 Å². The van der Waals surface area contributed by atoms with Crippen LogP contribution in [0.4, 0.5) is 4.39 Å². The molecule has 2 saturated heterocycles. The lowest BCUT2D eigenvalue weighted by molar-refractivity contribution is -0.137. The molecule has 3 aliphatic rings. The summed E-state index contributed by atoms with van der Waals surface area (Å²) in [4.78, 5) is 28.3. The smallest absolute Gasteiger partial charge is 0.230 e. The standard InChI is InChI=1S/C26H27FN2O5/c1-32-19-8-5-16(13-21(19)33-2)10-12-29-15-26-11-9-20(34-26)22(23(26)25(29)31)24(30)28-14-17-3-6-18(27)7-4-17/h3-9,11,13,20,22-23H,10,12,14-15H2,1-2H3,(H,28,30)/t20-,22+,23-,26+/m0/s1. The molecule has 0 saturated carbocycles. The number of carbonyl (C=O) groups excluding carboxylic acids is 2. The van der Waals surface area contributed by atoms with E-state index in [1.165, 1.54) is 12.1 Å². The van der Waals surface area contributed by atoms with Crippen LogP contribution in [-0.4, -0.2) is 55.7 Å². The molecule has 0 unspecified atom stereocenters. The highest BCUT2D eigenvalue weighted by Gasteiger charge is 2.66. The molecule has 34 heavy (non-hydrogen) atoms. The maximum absolute atomic E-state index is 13.4. The van der Waals surface area contributed by atoms with Gasteiger partial charge in [-0.05, 0) is 41.8 Å². The molecule has 2 fully saturated rings. The van der Waals surface area contributed by atoms with Crippen LogP contribution in [0.25, 0.3) is 0 Å². The molecule has 1 N–H and O–H groups in total. The number of likely N-dealkylation sites (tertiary alicyclic amines) is 1. The Bertz CT molecular complexity index is 1130. The number of carbonyl (C=O) groups is 2. The molecular weight excluding hydrogens is 439 g/mol. The highest BCUT2D eigenvalue weighted by atomic mass is 19.1. The minimum absolute atomic E-state index is 0.0609. The Hall–Kier alpha value is -3.39. The van der Waals surface area contributed by atoms with Crippen LogP contribution in [0, 0.1) is 17.7 Å². The lowest BCUT2D eigenvalue weighted by atomic mass is 9.77. The normalized spacial score (nSPS) is 26.6. The molecule has 7 nitrogen and oxygen atoms in total. The molecule has 1 spiro atoms. The molecule has 178 valence electrons. The number of rotatable bonds is 8. The van der Waals surface area contributed by atoms with Crippen molar-refractivity contribution in [3.05, 3.63) is 71.6 Å². The highest BCUT2D eigenvalue weighted by Crippen LogP contribution is 2.51. The zero-order valence-electron chi connectivity index (χ0n) is 19.1. The largest absolute Gasteiger partial charge is 0.493 e. The summed E-state index contributed by atoms with van der Waals surface area (Å²) in [5.74, 6) is -0.429. The second-order valence-electron chi connectivity index (χ2n) is 8.94. The van der Waals surface area contributed by atoms with Crippen molar-refractivity contribution in [2.75, 3.05) is 27.3 Å². The minimum Gasteiger partial charge on any atom is -0.493 e. The molecule has 8 heteroatoms. The first-order valence-corrected chi connectivity index (χ1v) is 11.3. The molecule has 3 heterocycles. The van der Waals surface area contributed by atoms with Gasteiger partial charge in [0.15, 0.2) is 11.5 Å². The number of nitrogens with one attached hydrogen (secondary N) is 1. The van der Waals surface area contributed by atoms with Crippen molar-refractivity contribution >= 4 is 11.8 Å². The van der Waals surface area contributed by atoms with Crippen molar-refractivity contribution in [3.8, 4) is 11.5 Å². The second kappa shape index (κ2) is 8.76. The zero-order valence-corrected chi connectivity index (χ0v) is 19.1. The summed E-state index contributed by atoms with van der Waals surface area (Å²) in [5.41, 5.74) is 1.06. The first-order chi connectivity index (χ1) is 16.4. The number of amides is 2. The van der Waals surface area contributed by atoms with Crippen LogP contribution in [0.2, 0.25) is 0 Å². The third kappa shape index (κ3) is 3.81. The molecule has 0 aliphatic carbocycles. The molecular formula is C26H27FN2O5.